The molecule has 1 fully saturated rings. The molecule has 0 aromatic carbocycles. The third-order valence-corrected chi connectivity index (χ3v) is 2.95. The van der Waals surface area contributed by atoms with Crippen LogP contribution in [-0.4, -0.2) is 10.9 Å². The minimum Gasteiger partial charge on any atom is -0.310 e. The topological polar surface area (TPSA) is 42.0 Å². The predicted octanol–water partition coefficient (Wildman–Crippen LogP) is 2.60. The molecule has 0 saturated heterocycles. The molecule has 0 unspecified atom stereocenters. The summed E-state index contributed by atoms with van der Waals surface area (Å²) in [4.78, 5) is 15.7. The molecular weight excluding hydrogens is 256 g/mol. The molecule has 1 aliphatic rings. The van der Waals surface area contributed by atoms with Gasteiger partial charge < -0.3 is 5.32 Å². The number of aromatic nitrogens is 1. The Morgan fingerprint density at radius 3 is 3.13 bits per heavy atom. The fourth-order valence-corrected chi connectivity index (χ4v) is 1.80. The van der Waals surface area contributed by atoms with Gasteiger partial charge in [0.25, 0.3) is 0 Å². The maximum atomic E-state index is 11.6. The van der Waals surface area contributed by atoms with Gasteiger partial charge in [-0.15, -0.1) is 6.58 Å². The van der Waals surface area contributed by atoms with Crippen molar-refractivity contribution in [2.24, 2.45) is 11.8 Å². The van der Waals surface area contributed by atoms with Crippen molar-refractivity contribution in [3.63, 3.8) is 0 Å². The summed E-state index contributed by atoms with van der Waals surface area (Å²) < 4.78 is 0.906. The maximum Gasteiger partial charge on any atom is 0.229 e. The van der Waals surface area contributed by atoms with Gasteiger partial charge in [-0.2, -0.15) is 0 Å². The Morgan fingerprint density at radius 2 is 2.53 bits per heavy atom. The van der Waals surface area contributed by atoms with Crippen LogP contribution >= 0.6 is 15.9 Å². The Morgan fingerprint density at radius 1 is 1.73 bits per heavy atom. The van der Waals surface area contributed by atoms with Gasteiger partial charge >= 0.3 is 0 Å². The minimum absolute atomic E-state index is 0.0329. The van der Waals surface area contributed by atoms with Crippen molar-refractivity contribution in [2.75, 3.05) is 5.32 Å². The molecule has 4 heteroatoms. The van der Waals surface area contributed by atoms with Gasteiger partial charge in [-0.3, -0.25) is 4.79 Å². The lowest BCUT2D eigenvalue weighted by Crippen LogP contribution is -2.15. The van der Waals surface area contributed by atoms with Crippen molar-refractivity contribution in [2.45, 2.75) is 6.42 Å². The van der Waals surface area contributed by atoms with E-state index in [2.05, 4.69) is 32.8 Å². The van der Waals surface area contributed by atoms with Crippen molar-refractivity contribution in [3.05, 3.63) is 35.5 Å². The number of pyridine rings is 1. The Kier molecular flexibility index (Phi) is 2.86. The zero-order valence-corrected chi connectivity index (χ0v) is 9.70. The molecule has 0 aliphatic heterocycles. The average molecular weight is 267 g/mol. The number of hydrogen-bond donors (Lipinski definition) is 1. The number of amides is 1. The summed E-state index contributed by atoms with van der Waals surface area (Å²) in [5.41, 5.74) is 0. The standard InChI is InChI=1S/C11H11BrN2O/c1-2-7-5-9(7)11(15)14-10-6-8(12)3-4-13-10/h2-4,6-7,9H,1,5H2,(H,13,14,15)/t7-,9-/m1/s1. The van der Waals surface area contributed by atoms with Gasteiger partial charge in [0.2, 0.25) is 5.91 Å². The molecule has 1 aliphatic carbocycles. The summed E-state index contributed by atoms with van der Waals surface area (Å²) >= 11 is 3.32. The largest absolute Gasteiger partial charge is 0.310 e. The van der Waals surface area contributed by atoms with Gasteiger partial charge in [0.1, 0.15) is 5.82 Å². The van der Waals surface area contributed by atoms with Crippen molar-refractivity contribution in [1.29, 1.82) is 0 Å². The van der Waals surface area contributed by atoms with Gasteiger partial charge in [0.05, 0.1) is 0 Å². The highest BCUT2D eigenvalue weighted by Crippen LogP contribution is 2.39. The third-order valence-electron chi connectivity index (χ3n) is 2.45. The second-order valence-electron chi connectivity index (χ2n) is 3.59. The summed E-state index contributed by atoms with van der Waals surface area (Å²) in [7, 11) is 0. The molecular formula is C11H11BrN2O. The fraction of sp³-hybridized carbons (Fsp3) is 0.273. The van der Waals surface area contributed by atoms with E-state index in [0.717, 1.165) is 10.9 Å². The molecule has 0 spiro atoms. The summed E-state index contributed by atoms with van der Waals surface area (Å²) in [5, 5.41) is 2.78. The molecule has 0 radical (unpaired) electrons. The van der Waals surface area contributed by atoms with Gasteiger partial charge in [-0.25, -0.2) is 4.98 Å². The molecule has 2 atom stereocenters. The van der Waals surface area contributed by atoms with Crippen LogP contribution in [-0.2, 0) is 4.79 Å². The number of carbonyl (C=O) groups excluding carboxylic acids is 1. The fourth-order valence-electron chi connectivity index (χ4n) is 1.47. The van der Waals surface area contributed by atoms with Crippen LogP contribution in [0.4, 0.5) is 5.82 Å². The average Bonchev–Trinajstić information content (AvgIpc) is 2.96. The molecule has 2 rings (SSSR count). The number of anilines is 1. The van der Waals surface area contributed by atoms with Crippen LogP contribution in [0, 0.1) is 11.8 Å². The summed E-state index contributed by atoms with van der Waals surface area (Å²) in [6, 6.07) is 3.60. The van der Waals surface area contributed by atoms with Gasteiger partial charge in [0, 0.05) is 16.6 Å². The van der Waals surface area contributed by atoms with Crippen LogP contribution in [0.25, 0.3) is 0 Å². The molecule has 1 aromatic heterocycles. The highest BCUT2D eigenvalue weighted by atomic mass is 79.9. The number of halogens is 1. The second-order valence-corrected chi connectivity index (χ2v) is 4.51. The molecule has 1 N–H and O–H groups in total. The Bertz CT molecular complexity index is 405. The number of nitrogens with zero attached hydrogens (tertiary/aromatic N) is 1. The molecule has 15 heavy (non-hydrogen) atoms. The van der Waals surface area contributed by atoms with E-state index in [-0.39, 0.29) is 11.8 Å². The Labute approximate surface area is 96.7 Å². The van der Waals surface area contributed by atoms with Crippen LogP contribution in [0.15, 0.2) is 35.5 Å². The first-order valence-electron chi connectivity index (χ1n) is 4.75. The quantitative estimate of drug-likeness (QED) is 0.855. The maximum absolute atomic E-state index is 11.6. The lowest BCUT2D eigenvalue weighted by Gasteiger charge is -2.03. The molecule has 1 aromatic rings. The lowest BCUT2D eigenvalue weighted by atomic mass is 10.3. The second kappa shape index (κ2) is 4.14. The van der Waals surface area contributed by atoms with Crippen LogP contribution in [0.5, 0.6) is 0 Å². The molecule has 78 valence electrons. The molecule has 0 bridgehead atoms. The number of rotatable bonds is 3. The first kappa shape index (κ1) is 10.4. The molecule has 1 saturated carbocycles. The highest BCUT2D eigenvalue weighted by Gasteiger charge is 2.40. The van der Waals surface area contributed by atoms with E-state index in [4.69, 9.17) is 0 Å². The van der Waals surface area contributed by atoms with E-state index < -0.39 is 0 Å². The number of nitrogens with one attached hydrogen (secondary N) is 1. The zero-order chi connectivity index (χ0) is 10.8. The normalized spacial score (nSPS) is 23.3. The van der Waals surface area contributed by atoms with Crippen LogP contribution in [0.2, 0.25) is 0 Å². The van der Waals surface area contributed by atoms with Crippen LogP contribution in [0.3, 0.4) is 0 Å². The number of allylic oxidation sites excluding steroid dienone is 1. The monoisotopic (exact) mass is 266 g/mol. The molecule has 3 nitrogen and oxygen atoms in total. The van der Waals surface area contributed by atoms with E-state index in [1.54, 1.807) is 12.3 Å². The Hall–Kier alpha value is -1.16. The van der Waals surface area contributed by atoms with Crippen molar-refractivity contribution in [3.8, 4) is 0 Å². The van der Waals surface area contributed by atoms with Crippen molar-refractivity contribution < 1.29 is 4.79 Å². The highest BCUT2D eigenvalue weighted by molar-refractivity contribution is 9.10. The van der Waals surface area contributed by atoms with Crippen LogP contribution in [0.1, 0.15) is 6.42 Å². The van der Waals surface area contributed by atoms with Crippen LogP contribution < -0.4 is 5.32 Å². The first-order chi connectivity index (χ1) is 7.20. The van der Waals surface area contributed by atoms with E-state index >= 15 is 0 Å². The first-order valence-corrected chi connectivity index (χ1v) is 5.55. The summed E-state index contributed by atoms with van der Waals surface area (Å²) in [6.45, 7) is 3.67. The SMILES string of the molecule is C=C[C@@H]1C[C@H]1C(=O)Nc1cc(Br)ccn1. The number of carbonyl (C=O) groups is 1. The van der Waals surface area contributed by atoms with Gasteiger partial charge in [-0.05, 0) is 24.5 Å². The third kappa shape index (κ3) is 2.45. The Balaban J connectivity index is 1.98. The van der Waals surface area contributed by atoms with E-state index in [1.807, 2.05) is 12.1 Å². The van der Waals surface area contributed by atoms with E-state index in [1.165, 1.54) is 0 Å². The van der Waals surface area contributed by atoms with Crippen molar-refractivity contribution in [1.82, 2.24) is 4.98 Å². The number of hydrogen-bond acceptors (Lipinski definition) is 2. The van der Waals surface area contributed by atoms with Crippen molar-refractivity contribution >= 4 is 27.7 Å². The summed E-state index contributed by atoms with van der Waals surface area (Å²) in [5.74, 6) is 1.05. The van der Waals surface area contributed by atoms with Gasteiger partial charge in [-0.1, -0.05) is 22.0 Å². The zero-order valence-electron chi connectivity index (χ0n) is 8.11. The lowest BCUT2D eigenvalue weighted by molar-refractivity contribution is -0.117. The van der Waals surface area contributed by atoms with Gasteiger partial charge in [0.15, 0.2) is 0 Å². The molecule has 1 amide bonds. The smallest absolute Gasteiger partial charge is 0.229 e. The van der Waals surface area contributed by atoms with E-state index in [9.17, 15) is 4.79 Å². The van der Waals surface area contributed by atoms with E-state index in [0.29, 0.717) is 11.7 Å². The summed E-state index contributed by atoms with van der Waals surface area (Å²) in [6.07, 6.45) is 4.39. The molecule has 1 heterocycles. The minimum atomic E-state index is 0.0329. The predicted molar refractivity (Wildman–Crippen MR) is 62.4 cm³/mol.